The third kappa shape index (κ3) is 5.16. The van der Waals surface area contributed by atoms with Crippen LogP contribution in [0.4, 0.5) is 11.6 Å². The van der Waals surface area contributed by atoms with Crippen LogP contribution in [0.15, 0.2) is 33.9 Å². The number of imidazole rings is 1. The molecule has 1 aromatic carbocycles. The van der Waals surface area contributed by atoms with Gasteiger partial charge in [0.2, 0.25) is 5.95 Å². The van der Waals surface area contributed by atoms with Gasteiger partial charge in [0.05, 0.1) is 6.61 Å². The maximum Gasteiger partial charge on any atom is 0.332 e. The number of rotatable bonds is 11. The summed E-state index contributed by atoms with van der Waals surface area (Å²) in [5.74, 6) is 1.85. The zero-order chi connectivity index (χ0) is 24.9. The van der Waals surface area contributed by atoms with Crippen LogP contribution in [-0.4, -0.2) is 31.8 Å². The van der Waals surface area contributed by atoms with Gasteiger partial charge in [0.25, 0.3) is 5.56 Å². The van der Waals surface area contributed by atoms with Crippen LogP contribution in [0.1, 0.15) is 65.7 Å². The number of unbranched alkanes of at least 4 members (excludes halogenated alkanes) is 6. The van der Waals surface area contributed by atoms with E-state index < -0.39 is 0 Å². The van der Waals surface area contributed by atoms with E-state index in [-0.39, 0.29) is 11.2 Å². The van der Waals surface area contributed by atoms with Gasteiger partial charge in [0.15, 0.2) is 11.2 Å². The van der Waals surface area contributed by atoms with Crippen LogP contribution in [0.3, 0.4) is 0 Å². The van der Waals surface area contributed by atoms with Crippen LogP contribution in [0.5, 0.6) is 5.75 Å². The van der Waals surface area contributed by atoms with E-state index in [1.54, 1.807) is 7.05 Å². The molecule has 0 fully saturated rings. The predicted molar refractivity (Wildman–Crippen MR) is 141 cm³/mol. The molecule has 0 amide bonds. The molecule has 190 valence electrons. The molecule has 0 N–H and O–H groups in total. The van der Waals surface area contributed by atoms with Crippen LogP contribution < -0.4 is 20.9 Å². The number of hydrogen-bond acceptors (Lipinski definition) is 5. The number of fused-ring (bicyclic) bond motifs is 3. The lowest BCUT2D eigenvalue weighted by Crippen LogP contribution is -2.40. The van der Waals surface area contributed by atoms with Crippen molar-refractivity contribution in [1.29, 1.82) is 0 Å². The van der Waals surface area contributed by atoms with E-state index >= 15 is 0 Å². The third-order valence-electron chi connectivity index (χ3n) is 6.89. The summed E-state index contributed by atoms with van der Waals surface area (Å²) in [6, 6.07) is 7.95. The first-order valence-electron chi connectivity index (χ1n) is 13.2. The Labute approximate surface area is 207 Å². The standard InChI is InChI=1S/C27H39N5O3/c1-5-7-8-9-10-11-12-17-30-25(33)23-24(29(4)27(30)34)28-26-31(18-20(3)19-32(23)26)21-13-15-22(16-14-21)35-6-2/h13-16,20H,5-12,17-19H2,1-4H3/t20-/m0/s1. The van der Waals surface area contributed by atoms with Crippen molar-refractivity contribution in [2.75, 3.05) is 18.1 Å². The van der Waals surface area contributed by atoms with E-state index in [0.29, 0.717) is 42.7 Å². The van der Waals surface area contributed by atoms with Gasteiger partial charge in [-0.25, -0.2) is 4.79 Å². The highest BCUT2D eigenvalue weighted by atomic mass is 16.5. The molecule has 2 aromatic heterocycles. The van der Waals surface area contributed by atoms with Gasteiger partial charge in [0.1, 0.15) is 5.75 Å². The van der Waals surface area contributed by atoms with Crippen LogP contribution in [0.25, 0.3) is 11.2 Å². The average Bonchev–Trinajstić information content (AvgIpc) is 3.24. The van der Waals surface area contributed by atoms with Crippen LogP contribution in [0.2, 0.25) is 0 Å². The maximum atomic E-state index is 13.6. The Bertz CT molecular complexity index is 1260. The molecular formula is C27H39N5O3. The molecule has 1 atom stereocenters. The van der Waals surface area contributed by atoms with Gasteiger partial charge in [-0.3, -0.25) is 13.9 Å². The molecule has 8 heteroatoms. The third-order valence-corrected chi connectivity index (χ3v) is 6.89. The Hall–Kier alpha value is -3.03. The maximum absolute atomic E-state index is 13.6. The summed E-state index contributed by atoms with van der Waals surface area (Å²) in [7, 11) is 1.72. The first-order valence-corrected chi connectivity index (χ1v) is 13.2. The van der Waals surface area contributed by atoms with Crippen molar-refractivity contribution >= 4 is 22.8 Å². The number of benzene rings is 1. The number of aromatic nitrogens is 4. The Morgan fingerprint density at radius 3 is 2.34 bits per heavy atom. The van der Waals surface area contributed by atoms with Gasteiger partial charge in [-0.1, -0.05) is 52.4 Å². The molecule has 1 aliphatic heterocycles. The lowest BCUT2D eigenvalue weighted by molar-refractivity contribution is 0.340. The van der Waals surface area contributed by atoms with Crippen molar-refractivity contribution in [3.63, 3.8) is 0 Å². The molecule has 4 rings (SSSR count). The smallest absolute Gasteiger partial charge is 0.332 e. The van der Waals surface area contributed by atoms with Crippen molar-refractivity contribution in [3.05, 3.63) is 45.1 Å². The van der Waals surface area contributed by atoms with Crippen molar-refractivity contribution < 1.29 is 4.74 Å². The summed E-state index contributed by atoms with van der Waals surface area (Å²) in [6.07, 6.45) is 8.00. The molecular weight excluding hydrogens is 442 g/mol. The van der Waals surface area contributed by atoms with E-state index in [2.05, 4.69) is 18.7 Å². The molecule has 8 nitrogen and oxygen atoms in total. The summed E-state index contributed by atoms with van der Waals surface area (Å²) < 4.78 is 10.5. The average molecular weight is 482 g/mol. The molecule has 35 heavy (non-hydrogen) atoms. The largest absolute Gasteiger partial charge is 0.494 e. The molecule has 0 bridgehead atoms. The van der Waals surface area contributed by atoms with Gasteiger partial charge in [-0.2, -0.15) is 4.98 Å². The zero-order valence-corrected chi connectivity index (χ0v) is 21.6. The highest BCUT2D eigenvalue weighted by Crippen LogP contribution is 2.33. The van der Waals surface area contributed by atoms with Crippen LogP contribution in [0, 0.1) is 5.92 Å². The molecule has 0 radical (unpaired) electrons. The Morgan fingerprint density at radius 2 is 1.66 bits per heavy atom. The Morgan fingerprint density at radius 1 is 0.971 bits per heavy atom. The summed E-state index contributed by atoms with van der Waals surface area (Å²) in [4.78, 5) is 33.6. The second kappa shape index (κ2) is 11.1. The van der Waals surface area contributed by atoms with Gasteiger partial charge in [-0.15, -0.1) is 0 Å². The van der Waals surface area contributed by atoms with E-state index in [4.69, 9.17) is 9.72 Å². The van der Waals surface area contributed by atoms with E-state index in [1.165, 1.54) is 34.8 Å². The fourth-order valence-corrected chi connectivity index (χ4v) is 5.04. The second-order valence-corrected chi connectivity index (χ2v) is 9.76. The minimum Gasteiger partial charge on any atom is -0.494 e. The highest BCUT2D eigenvalue weighted by molar-refractivity contribution is 5.77. The van der Waals surface area contributed by atoms with E-state index in [0.717, 1.165) is 37.2 Å². The fourth-order valence-electron chi connectivity index (χ4n) is 5.04. The molecule has 0 unspecified atom stereocenters. The summed E-state index contributed by atoms with van der Waals surface area (Å²) in [5, 5.41) is 0. The van der Waals surface area contributed by atoms with Gasteiger partial charge in [-0.05, 0) is 43.5 Å². The van der Waals surface area contributed by atoms with Crippen LogP contribution in [-0.2, 0) is 20.1 Å². The van der Waals surface area contributed by atoms with Crippen LogP contribution >= 0.6 is 0 Å². The minimum atomic E-state index is -0.287. The lowest BCUT2D eigenvalue weighted by Gasteiger charge is -2.33. The molecule has 3 heterocycles. The first-order chi connectivity index (χ1) is 17.0. The molecule has 3 aromatic rings. The Balaban J connectivity index is 1.65. The molecule has 0 aliphatic carbocycles. The predicted octanol–water partition coefficient (Wildman–Crippen LogP) is 4.83. The number of aryl methyl sites for hydroxylation is 1. The van der Waals surface area contributed by atoms with Gasteiger partial charge >= 0.3 is 5.69 Å². The zero-order valence-electron chi connectivity index (χ0n) is 21.6. The molecule has 1 aliphatic rings. The molecule has 0 spiro atoms. The van der Waals surface area contributed by atoms with E-state index in [9.17, 15) is 9.59 Å². The summed E-state index contributed by atoms with van der Waals surface area (Å²) >= 11 is 0. The van der Waals surface area contributed by atoms with Crippen molar-refractivity contribution in [3.8, 4) is 5.75 Å². The first kappa shape index (κ1) is 25.1. The molecule has 0 saturated carbocycles. The van der Waals surface area contributed by atoms with E-state index in [1.807, 2.05) is 35.8 Å². The summed E-state index contributed by atoms with van der Waals surface area (Å²) in [5.41, 5.74) is 1.45. The highest BCUT2D eigenvalue weighted by Gasteiger charge is 2.29. The molecule has 0 saturated heterocycles. The Kier molecular flexibility index (Phi) is 7.98. The SMILES string of the molecule is CCCCCCCCCn1c(=O)c2c(nc3n2C[C@@H](C)CN3c2ccc(OCC)cc2)n(C)c1=O. The monoisotopic (exact) mass is 481 g/mol. The second-order valence-electron chi connectivity index (χ2n) is 9.76. The van der Waals surface area contributed by atoms with Crippen molar-refractivity contribution in [2.45, 2.75) is 78.8 Å². The number of ether oxygens (including phenoxy) is 1. The normalized spacial score (nSPS) is 15.5. The van der Waals surface area contributed by atoms with Crippen molar-refractivity contribution in [2.24, 2.45) is 13.0 Å². The number of anilines is 2. The van der Waals surface area contributed by atoms with Gasteiger partial charge in [0, 0.05) is 32.4 Å². The minimum absolute atomic E-state index is 0.228. The van der Waals surface area contributed by atoms with Gasteiger partial charge < -0.3 is 14.2 Å². The quantitative estimate of drug-likeness (QED) is 0.367. The van der Waals surface area contributed by atoms with Crippen molar-refractivity contribution in [1.82, 2.24) is 18.7 Å². The summed E-state index contributed by atoms with van der Waals surface area (Å²) in [6.45, 7) is 8.92. The number of hydrogen-bond donors (Lipinski definition) is 0. The number of nitrogens with zero attached hydrogens (tertiary/aromatic N) is 5. The topological polar surface area (TPSA) is 74.3 Å². The fraction of sp³-hybridized carbons (Fsp3) is 0.593. The lowest BCUT2D eigenvalue weighted by atomic mass is 10.1.